The predicted molar refractivity (Wildman–Crippen MR) is 61.5 cm³/mol. The molecule has 0 bridgehead atoms. The lowest BCUT2D eigenvalue weighted by atomic mass is 10.1. The second-order valence-corrected chi connectivity index (χ2v) is 4.22. The van der Waals surface area contributed by atoms with E-state index in [-0.39, 0.29) is 12.1 Å². The van der Waals surface area contributed by atoms with Gasteiger partial charge in [0.15, 0.2) is 0 Å². The molecule has 0 aliphatic heterocycles. The number of hydrogen-bond donors (Lipinski definition) is 2. The van der Waals surface area contributed by atoms with Gasteiger partial charge in [-0.1, -0.05) is 13.8 Å². The van der Waals surface area contributed by atoms with Gasteiger partial charge in [0.2, 0.25) is 0 Å². The van der Waals surface area contributed by atoms with E-state index in [1.807, 2.05) is 26.0 Å². The SMILES string of the molecule is CC(NCC(O)C(C)C)c1ccncc1. The molecule has 1 aromatic heterocycles. The monoisotopic (exact) mass is 208 g/mol. The van der Waals surface area contributed by atoms with Gasteiger partial charge in [-0.2, -0.15) is 0 Å². The van der Waals surface area contributed by atoms with Crippen molar-refractivity contribution in [3.05, 3.63) is 30.1 Å². The van der Waals surface area contributed by atoms with Crippen LogP contribution in [0.1, 0.15) is 32.4 Å². The molecule has 2 N–H and O–H groups in total. The van der Waals surface area contributed by atoms with E-state index in [0.29, 0.717) is 12.5 Å². The quantitative estimate of drug-likeness (QED) is 0.775. The fourth-order valence-electron chi connectivity index (χ4n) is 1.30. The van der Waals surface area contributed by atoms with Gasteiger partial charge in [0.1, 0.15) is 0 Å². The van der Waals surface area contributed by atoms with Crippen molar-refractivity contribution in [1.29, 1.82) is 0 Å². The highest BCUT2D eigenvalue weighted by molar-refractivity contribution is 5.13. The first-order valence-corrected chi connectivity index (χ1v) is 5.42. The lowest BCUT2D eigenvalue weighted by molar-refractivity contribution is 0.120. The molecule has 0 aromatic carbocycles. The van der Waals surface area contributed by atoms with Crippen molar-refractivity contribution < 1.29 is 5.11 Å². The first-order valence-electron chi connectivity index (χ1n) is 5.42. The Labute approximate surface area is 91.5 Å². The summed E-state index contributed by atoms with van der Waals surface area (Å²) in [4.78, 5) is 3.97. The summed E-state index contributed by atoms with van der Waals surface area (Å²) in [5.41, 5.74) is 1.20. The number of aromatic nitrogens is 1. The van der Waals surface area contributed by atoms with E-state index in [1.54, 1.807) is 12.4 Å². The Morgan fingerprint density at radius 3 is 2.40 bits per heavy atom. The number of pyridine rings is 1. The second kappa shape index (κ2) is 5.83. The predicted octanol–water partition coefficient (Wildman–Crippen LogP) is 1.75. The maximum Gasteiger partial charge on any atom is 0.0687 e. The van der Waals surface area contributed by atoms with Crippen LogP contribution in [0.5, 0.6) is 0 Å². The highest BCUT2D eigenvalue weighted by Crippen LogP contribution is 2.10. The molecule has 1 heterocycles. The fraction of sp³-hybridized carbons (Fsp3) is 0.583. The van der Waals surface area contributed by atoms with Gasteiger partial charge in [0.05, 0.1) is 6.10 Å². The van der Waals surface area contributed by atoms with Crippen LogP contribution in [-0.2, 0) is 0 Å². The van der Waals surface area contributed by atoms with Gasteiger partial charge in [0, 0.05) is 25.0 Å². The smallest absolute Gasteiger partial charge is 0.0687 e. The van der Waals surface area contributed by atoms with Gasteiger partial charge in [-0.25, -0.2) is 0 Å². The van der Waals surface area contributed by atoms with Crippen LogP contribution in [0.25, 0.3) is 0 Å². The molecule has 0 saturated carbocycles. The number of nitrogens with one attached hydrogen (secondary N) is 1. The Morgan fingerprint density at radius 2 is 1.87 bits per heavy atom. The van der Waals surface area contributed by atoms with Crippen LogP contribution in [-0.4, -0.2) is 22.7 Å². The van der Waals surface area contributed by atoms with Gasteiger partial charge in [-0.15, -0.1) is 0 Å². The average Bonchev–Trinajstić information content (AvgIpc) is 2.26. The standard InChI is InChI=1S/C12H20N2O/c1-9(2)12(15)8-14-10(3)11-4-6-13-7-5-11/h4-7,9-10,12,14-15H,8H2,1-3H3. The van der Waals surface area contributed by atoms with Crippen molar-refractivity contribution in [3.63, 3.8) is 0 Å². The molecule has 1 aromatic rings. The Bertz CT molecular complexity index is 274. The van der Waals surface area contributed by atoms with E-state index in [9.17, 15) is 5.11 Å². The van der Waals surface area contributed by atoms with Gasteiger partial charge in [0.25, 0.3) is 0 Å². The summed E-state index contributed by atoms with van der Waals surface area (Å²) >= 11 is 0. The van der Waals surface area contributed by atoms with Crippen LogP contribution in [0.3, 0.4) is 0 Å². The van der Waals surface area contributed by atoms with Crippen molar-refractivity contribution in [2.24, 2.45) is 5.92 Å². The molecule has 0 spiro atoms. The fourth-order valence-corrected chi connectivity index (χ4v) is 1.30. The van der Waals surface area contributed by atoms with E-state index in [0.717, 1.165) is 0 Å². The van der Waals surface area contributed by atoms with Crippen LogP contribution < -0.4 is 5.32 Å². The molecule has 0 radical (unpaired) electrons. The minimum atomic E-state index is -0.283. The first-order chi connectivity index (χ1) is 7.11. The molecule has 2 unspecified atom stereocenters. The average molecular weight is 208 g/mol. The molecule has 0 fully saturated rings. The Balaban J connectivity index is 2.40. The lowest BCUT2D eigenvalue weighted by Crippen LogP contribution is -2.32. The van der Waals surface area contributed by atoms with E-state index in [4.69, 9.17) is 0 Å². The van der Waals surface area contributed by atoms with Crippen molar-refractivity contribution in [3.8, 4) is 0 Å². The second-order valence-electron chi connectivity index (χ2n) is 4.22. The van der Waals surface area contributed by atoms with Crippen molar-refractivity contribution in [2.75, 3.05) is 6.54 Å². The molecule has 0 amide bonds. The maximum absolute atomic E-state index is 9.65. The van der Waals surface area contributed by atoms with E-state index < -0.39 is 0 Å². The summed E-state index contributed by atoms with van der Waals surface area (Å²) in [5, 5.41) is 12.9. The first kappa shape index (κ1) is 12.1. The third-order valence-electron chi connectivity index (χ3n) is 2.61. The molecule has 3 nitrogen and oxygen atoms in total. The maximum atomic E-state index is 9.65. The van der Waals surface area contributed by atoms with Gasteiger partial charge < -0.3 is 10.4 Å². The topological polar surface area (TPSA) is 45.1 Å². The third-order valence-corrected chi connectivity index (χ3v) is 2.61. The van der Waals surface area contributed by atoms with Crippen LogP contribution in [0.15, 0.2) is 24.5 Å². The normalized spacial score (nSPS) is 15.3. The summed E-state index contributed by atoms with van der Waals surface area (Å²) in [5.74, 6) is 0.294. The zero-order chi connectivity index (χ0) is 11.3. The minimum Gasteiger partial charge on any atom is -0.392 e. The highest BCUT2D eigenvalue weighted by atomic mass is 16.3. The minimum absolute atomic E-state index is 0.251. The molecule has 84 valence electrons. The number of nitrogens with zero attached hydrogens (tertiary/aromatic N) is 1. The van der Waals surface area contributed by atoms with Crippen molar-refractivity contribution >= 4 is 0 Å². The molecule has 2 atom stereocenters. The molecule has 0 aliphatic carbocycles. The third kappa shape index (κ3) is 3.98. The van der Waals surface area contributed by atoms with E-state index in [2.05, 4.69) is 17.2 Å². The summed E-state index contributed by atoms with van der Waals surface area (Å²) in [6.07, 6.45) is 3.29. The van der Waals surface area contributed by atoms with Crippen LogP contribution in [0.2, 0.25) is 0 Å². The molecule has 0 saturated heterocycles. The number of rotatable bonds is 5. The number of aliphatic hydroxyl groups is 1. The molecule has 0 aliphatic rings. The molecule has 15 heavy (non-hydrogen) atoms. The zero-order valence-electron chi connectivity index (χ0n) is 9.64. The Kier molecular flexibility index (Phi) is 4.72. The number of hydrogen-bond acceptors (Lipinski definition) is 3. The Hall–Kier alpha value is -0.930. The van der Waals surface area contributed by atoms with E-state index >= 15 is 0 Å². The Morgan fingerprint density at radius 1 is 1.27 bits per heavy atom. The molecular weight excluding hydrogens is 188 g/mol. The molecule has 1 rings (SSSR count). The lowest BCUT2D eigenvalue weighted by Gasteiger charge is -2.19. The van der Waals surface area contributed by atoms with Crippen molar-refractivity contribution in [1.82, 2.24) is 10.3 Å². The molecular formula is C12H20N2O. The largest absolute Gasteiger partial charge is 0.392 e. The number of aliphatic hydroxyl groups excluding tert-OH is 1. The van der Waals surface area contributed by atoms with Crippen LogP contribution >= 0.6 is 0 Å². The summed E-state index contributed by atoms with van der Waals surface area (Å²) in [6, 6.07) is 4.22. The van der Waals surface area contributed by atoms with Crippen LogP contribution in [0, 0.1) is 5.92 Å². The van der Waals surface area contributed by atoms with Gasteiger partial charge in [-0.05, 0) is 30.5 Å². The van der Waals surface area contributed by atoms with Crippen molar-refractivity contribution in [2.45, 2.75) is 32.9 Å². The molecule has 3 heteroatoms. The highest BCUT2D eigenvalue weighted by Gasteiger charge is 2.11. The van der Waals surface area contributed by atoms with Gasteiger partial charge >= 0.3 is 0 Å². The zero-order valence-corrected chi connectivity index (χ0v) is 9.64. The van der Waals surface area contributed by atoms with E-state index in [1.165, 1.54) is 5.56 Å². The van der Waals surface area contributed by atoms with Gasteiger partial charge in [-0.3, -0.25) is 4.98 Å². The summed E-state index contributed by atoms with van der Waals surface area (Å²) < 4.78 is 0. The summed E-state index contributed by atoms with van der Waals surface area (Å²) in [7, 11) is 0. The summed E-state index contributed by atoms with van der Waals surface area (Å²) in [6.45, 7) is 6.75. The van der Waals surface area contributed by atoms with Crippen LogP contribution in [0.4, 0.5) is 0 Å².